The number of hydrogen-bond acceptors (Lipinski definition) is 7. The molecule has 9 nitrogen and oxygen atoms in total. The van der Waals surface area contributed by atoms with E-state index in [1.54, 1.807) is 36.1 Å². The van der Waals surface area contributed by atoms with E-state index < -0.39 is 11.7 Å². The van der Waals surface area contributed by atoms with Gasteiger partial charge in [0.15, 0.2) is 0 Å². The Hall–Kier alpha value is -4.34. The minimum absolute atomic E-state index is 0.0168. The third kappa shape index (κ3) is 4.30. The van der Waals surface area contributed by atoms with Crippen LogP contribution >= 0.6 is 0 Å². The number of pyridine rings is 1. The molecule has 3 heterocycles. The predicted octanol–water partition coefficient (Wildman–Crippen LogP) is 3.71. The Balaban J connectivity index is 1.38. The zero-order valence-electron chi connectivity index (χ0n) is 19.3. The van der Waals surface area contributed by atoms with Crippen LogP contribution in [-0.4, -0.2) is 38.9 Å². The van der Waals surface area contributed by atoms with Gasteiger partial charge in [-0.05, 0) is 36.6 Å². The summed E-state index contributed by atoms with van der Waals surface area (Å²) in [6.07, 6.45) is 8.36. The second-order valence-electron chi connectivity index (χ2n) is 8.81. The Labute approximate surface area is 200 Å². The molecule has 3 aromatic heterocycles. The second kappa shape index (κ2) is 8.79. The third-order valence-corrected chi connectivity index (χ3v) is 6.25. The van der Waals surface area contributed by atoms with Crippen molar-refractivity contribution < 1.29 is 13.7 Å². The maximum Gasteiger partial charge on any atom is 0.292 e. The van der Waals surface area contributed by atoms with Gasteiger partial charge in [0.1, 0.15) is 5.82 Å². The van der Waals surface area contributed by atoms with E-state index in [2.05, 4.69) is 25.9 Å². The summed E-state index contributed by atoms with van der Waals surface area (Å²) in [7, 11) is 1.76. The molecule has 0 spiro atoms. The standard InChI is InChI=1S/C25H24FN7O2/c1-25(6-7-25)24-31-22(32-35-24)23(34)29-13-16-4-3-15(10-20(16)26)19-9-17(18(11-27)12-28-2)14-33-21(19)5-8-30-33/h3-5,8-12,14,27-28H,6-7,13H2,1-2H3,(H,29,34)/b18-12+,27-11?. The van der Waals surface area contributed by atoms with E-state index in [1.165, 1.54) is 12.3 Å². The quantitative estimate of drug-likeness (QED) is 0.336. The van der Waals surface area contributed by atoms with E-state index in [1.807, 2.05) is 25.3 Å². The van der Waals surface area contributed by atoms with Crippen molar-refractivity contribution >= 4 is 23.2 Å². The number of hydrogen-bond donors (Lipinski definition) is 3. The fourth-order valence-electron chi connectivity index (χ4n) is 3.86. The highest BCUT2D eigenvalue weighted by atomic mass is 19.1. The summed E-state index contributed by atoms with van der Waals surface area (Å²) in [4.78, 5) is 16.6. The first-order valence-corrected chi connectivity index (χ1v) is 11.2. The Morgan fingerprint density at radius 3 is 2.86 bits per heavy atom. The lowest BCUT2D eigenvalue weighted by Gasteiger charge is -2.11. The summed E-state index contributed by atoms with van der Waals surface area (Å²) in [5.74, 6) is -0.566. The lowest BCUT2D eigenvalue weighted by molar-refractivity contribution is 0.0937. The minimum Gasteiger partial charge on any atom is -0.393 e. The highest BCUT2D eigenvalue weighted by molar-refractivity contribution is 6.08. The summed E-state index contributed by atoms with van der Waals surface area (Å²) in [6, 6.07) is 8.61. The number of benzene rings is 1. The molecule has 10 heteroatoms. The number of allylic oxidation sites excluding steroid dienone is 1. The van der Waals surface area contributed by atoms with Gasteiger partial charge < -0.3 is 20.6 Å². The maximum atomic E-state index is 15.0. The summed E-state index contributed by atoms with van der Waals surface area (Å²) >= 11 is 0. The van der Waals surface area contributed by atoms with Crippen LogP contribution in [0, 0.1) is 11.2 Å². The number of carbonyl (C=O) groups is 1. The number of amides is 1. The van der Waals surface area contributed by atoms with Gasteiger partial charge in [-0.2, -0.15) is 10.1 Å². The first-order chi connectivity index (χ1) is 16.9. The van der Waals surface area contributed by atoms with Crippen molar-refractivity contribution in [1.29, 1.82) is 5.41 Å². The fourth-order valence-corrected chi connectivity index (χ4v) is 3.86. The minimum atomic E-state index is -0.517. The lowest BCUT2D eigenvalue weighted by atomic mass is 9.99. The molecule has 0 bridgehead atoms. The van der Waals surface area contributed by atoms with E-state index >= 15 is 4.39 Å². The molecule has 0 saturated heterocycles. The molecule has 0 radical (unpaired) electrons. The summed E-state index contributed by atoms with van der Waals surface area (Å²) in [5, 5.41) is 21.4. The number of halogens is 1. The molecule has 1 aliphatic rings. The average molecular weight is 474 g/mol. The van der Waals surface area contributed by atoms with Gasteiger partial charge in [0.05, 0.1) is 5.52 Å². The van der Waals surface area contributed by atoms with E-state index in [4.69, 9.17) is 9.93 Å². The average Bonchev–Trinajstić information content (AvgIpc) is 3.26. The van der Waals surface area contributed by atoms with Crippen LogP contribution in [-0.2, 0) is 12.0 Å². The highest BCUT2D eigenvalue weighted by Crippen LogP contribution is 2.46. The smallest absolute Gasteiger partial charge is 0.292 e. The number of aromatic nitrogens is 4. The zero-order chi connectivity index (χ0) is 24.6. The number of nitrogens with zero attached hydrogens (tertiary/aromatic N) is 4. The molecule has 4 aromatic rings. The predicted molar refractivity (Wildman–Crippen MR) is 128 cm³/mol. The Kier molecular flexibility index (Phi) is 5.64. The van der Waals surface area contributed by atoms with Gasteiger partial charge in [0.2, 0.25) is 5.89 Å². The van der Waals surface area contributed by atoms with Crippen molar-refractivity contribution in [1.82, 2.24) is 30.4 Å². The molecule has 1 aliphatic carbocycles. The van der Waals surface area contributed by atoms with E-state index in [0.29, 0.717) is 22.6 Å². The largest absolute Gasteiger partial charge is 0.393 e. The molecule has 0 unspecified atom stereocenters. The molecule has 1 amide bonds. The molecule has 0 aliphatic heterocycles. The first-order valence-electron chi connectivity index (χ1n) is 11.2. The molecule has 3 N–H and O–H groups in total. The van der Waals surface area contributed by atoms with E-state index in [9.17, 15) is 4.79 Å². The second-order valence-corrected chi connectivity index (χ2v) is 8.81. The van der Waals surface area contributed by atoms with Gasteiger partial charge in [-0.25, -0.2) is 8.91 Å². The summed E-state index contributed by atoms with van der Waals surface area (Å²) < 4.78 is 22.0. The van der Waals surface area contributed by atoms with Crippen LogP contribution in [0.4, 0.5) is 4.39 Å². The fraction of sp³-hybridized carbons (Fsp3) is 0.240. The Bertz CT molecular complexity index is 1470. The number of carbonyl (C=O) groups excluding carboxylic acids is 1. The maximum absolute atomic E-state index is 15.0. The summed E-state index contributed by atoms with van der Waals surface area (Å²) in [5.41, 5.74) is 3.85. The van der Waals surface area contributed by atoms with Gasteiger partial charge in [-0.3, -0.25) is 4.79 Å². The molecule has 35 heavy (non-hydrogen) atoms. The van der Waals surface area contributed by atoms with Crippen LogP contribution in [0.25, 0.3) is 22.2 Å². The number of nitrogens with one attached hydrogen (secondary N) is 3. The number of rotatable bonds is 8. The van der Waals surface area contributed by atoms with Crippen molar-refractivity contribution in [2.24, 2.45) is 0 Å². The van der Waals surface area contributed by atoms with Gasteiger partial charge in [0, 0.05) is 66.1 Å². The highest BCUT2D eigenvalue weighted by Gasteiger charge is 2.44. The van der Waals surface area contributed by atoms with Crippen LogP contribution in [0.15, 0.2) is 53.4 Å². The van der Waals surface area contributed by atoms with Crippen molar-refractivity contribution in [3.63, 3.8) is 0 Å². The Morgan fingerprint density at radius 1 is 1.31 bits per heavy atom. The third-order valence-electron chi connectivity index (χ3n) is 6.25. The molecule has 5 rings (SSSR count). The Morgan fingerprint density at radius 2 is 2.14 bits per heavy atom. The van der Waals surface area contributed by atoms with Crippen molar-refractivity contribution in [2.45, 2.75) is 31.7 Å². The van der Waals surface area contributed by atoms with Crippen LogP contribution in [0.1, 0.15) is 47.4 Å². The monoisotopic (exact) mass is 473 g/mol. The van der Waals surface area contributed by atoms with Crippen LogP contribution in [0.2, 0.25) is 0 Å². The number of fused-ring (bicyclic) bond motifs is 1. The topological polar surface area (TPSA) is 121 Å². The van der Waals surface area contributed by atoms with Crippen molar-refractivity contribution in [3.8, 4) is 11.1 Å². The molecule has 1 fully saturated rings. The molecular formula is C25H24FN7O2. The van der Waals surface area contributed by atoms with Crippen molar-refractivity contribution in [2.75, 3.05) is 7.05 Å². The lowest BCUT2D eigenvalue weighted by Crippen LogP contribution is -2.24. The van der Waals surface area contributed by atoms with Crippen LogP contribution in [0.3, 0.4) is 0 Å². The van der Waals surface area contributed by atoms with Gasteiger partial charge >= 0.3 is 0 Å². The SMILES string of the molecule is CN/C=C(\C=N)c1cc(-c2ccc(CNC(=O)c3noc(C4(C)CC4)n3)c(F)c2)c2ccnn2c1. The normalized spacial score (nSPS) is 14.7. The van der Waals surface area contributed by atoms with Crippen molar-refractivity contribution in [3.05, 3.63) is 77.6 Å². The van der Waals surface area contributed by atoms with E-state index in [0.717, 1.165) is 29.5 Å². The summed E-state index contributed by atoms with van der Waals surface area (Å²) in [6.45, 7) is 1.99. The molecule has 1 saturated carbocycles. The molecular weight excluding hydrogens is 449 g/mol. The van der Waals surface area contributed by atoms with Gasteiger partial charge in [0.25, 0.3) is 11.7 Å². The molecule has 0 atom stereocenters. The van der Waals surface area contributed by atoms with Gasteiger partial charge in [-0.15, -0.1) is 0 Å². The zero-order valence-corrected chi connectivity index (χ0v) is 19.3. The molecule has 1 aromatic carbocycles. The first kappa shape index (κ1) is 22.5. The molecule has 178 valence electrons. The van der Waals surface area contributed by atoms with Crippen LogP contribution < -0.4 is 10.6 Å². The van der Waals surface area contributed by atoms with E-state index in [-0.39, 0.29) is 17.8 Å². The van der Waals surface area contributed by atoms with Crippen LogP contribution in [0.5, 0.6) is 0 Å². The van der Waals surface area contributed by atoms with Gasteiger partial charge in [-0.1, -0.05) is 24.2 Å².